The lowest BCUT2D eigenvalue weighted by Gasteiger charge is -2.19. The van der Waals surface area contributed by atoms with Crippen LogP contribution in [0.3, 0.4) is 0 Å². The first-order chi connectivity index (χ1) is 4.54. The highest BCUT2D eigenvalue weighted by atomic mass is 16.5. The molecule has 0 saturated heterocycles. The smallest absolute Gasteiger partial charge is 0.311 e. The zero-order chi connectivity index (χ0) is 8.20. The number of hydrogen-bond donors (Lipinski definition) is 0. The minimum atomic E-state index is -0.310. The van der Waals surface area contributed by atoms with Gasteiger partial charge in [-0.05, 0) is 27.2 Å². The second kappa shape index (κ2) is 9.56. The molecule has 0 aliphatic carbocycles. The Labute approximate surface area is 84.7 Å². The lowest BCUT2D eigenvalue weighted by molar-refractivity contribution is -0.153. The third-order valence-corrected chi connectivity index (χ3v) is 1.71. The van der Waals surface area contributed by atoms with Gasteiger partial charge in [-0.2, -0.15) is 0 Å². The summed E-state index contributed by atoms with van der Waals surface area (Å²) in [7, 11) is 0. The van der Waals surface area contributed by atoms with Crippen LogP contribution in [0.4, 0.5) is 0 Å². The predicted octanol–water partition coefficient (Wildman–Crippen LogP) is 3.89. The van der Waals surface area contributed by atoms with Crippen LogP contribution in [0, 0.1) is 5.41 Å². The molecule has 2 nitrogen and oxygen atoms in total. The Morgan fingerprint density at radius 1 is 1.15 bits per heavy atom. The van der Waals surface area contributed by atoms with Crippen LogP contribution in [0.1, 0.15) is 56.4 Å². The molecule has 2 heteroatoms. The Balaban J connectivity index is -0.000000135. The quantitative estimate of drug-likeness (QED) is 0.634. The second-order valence-electron chi connectivity index (χ2n) is 2.96. The van der Waals surface area contributed by atoms with Crippen molar-refractivity contribution in [2.24, 2.45) is 5.41 Å². The van der Waals surface area contributed by atoms with E-state index in [9.17, 15) is 4.79 Å². The van der Waals surface area contributed by atoms with E-state index in [1.165, 1.54) is 0 Å². The highest BCUT2D eigenvalue weighted by Gasteiger charge is 2.26. The van der Waals surface area contributed by atoms with Crippen molar-refractivity contribution in [1.82, 2.24) is 0 Å². The fourth-order valence-electron chi connectivity index (χ4n) is 0.471. The summed E-state index contributed by atoms with van der Waals surface area (Å²) in [5.41, 5.74) is -0.310. The van der Waals surface area contributed by atoms with Gasteiger partial charge in [0.1, 0.15) is 0 Å². The van der Waals surface area contributed by atoms with E-state index in [0.717, 1.165) is 6.42 Å². The van der Waals surface area contributed by atoms with Gasteiger partial charge in [-0.25, -0.2) is 0 Å². The summed E-state index contributed by atoms with van der Waals surface area (Å²) in [5, 5.41) is 0. The van der Waals surface area contributed by atoms with Gasteiger partial charge in [0.2, 0.25) is 0 Å². The van der Waals surface area contributed by atoms with Gasteiger partial charge < -0.3 is 4.74 Å². The summed E-state index contributed by atoms with van der Waals surface area (Å²) < 4.78 is 4.86. The van der Waals surface area contributed by atoms with E-state index in [0.29, 0.717) is 6.61 Å². The topological polar surface area (TPSA) is 26.3 Å². The summed E-state index contributed by atoms with van der Waals surface area (Å²) in [6.45, 7) is 8.07. The van der Waals surface area contributed by atoms with Crippen LogP contribution in [0.15, 0.2) is 0 Å². The molecule has 0 atom stereocenters. The van der Waals surface area contributed by atoms with Crippen molar-refractivity contribution in [1.29, 1.82) is 0 Å². The molecule has 0 saturated carbocycles. The number of hydrogen-bond acceptors (Lipinski definition) is 2. The van der Waals surface area contributed by atoms with Crippen molar-refractivity contribution >= 4 is 5.97 Å². The van der Waals surface area contributed by atoms with E-state index < -0.39 is 0 Å². The number of ether oxygens (including phenoxy) is 1. The zero-order valence-electron chi connectivity index (χ0n) is 7.23. The average molecular weight is 192 g/mol. The van der Waals surface area contributed by atoms with Gasteiger partial charge in [-0.3, -0.25) is 4.79 Å². The molecule has 0 N–H and O–H groups in total. The second-order valence-corrected chi connectivity index (χ2v) is 2.96. The van der Waals surface area contributed by atoms with Crippen LogP contribution in [-0.2, 0) is 9.53 Å². The highest BCUT2D eigenvalue weighted by Crippen LogP contribution is 2.20. The third kappa shape index (κ3) is 7.82. The van der Waals surface area contributed by atoms with Crippen LogP contribution >= 0.6 is 0 Å². The largest absolute Gasteiger partial charge is 0.466 e. The molecule has 0 bridgehead atoms. The van der Waals surface area contributed by atoms with Crippen molar-refractivity contribution in [3.8, 4) is 0 Å². The Bertz CT molecular complexity index is 117. The normalized spacial score (nSPS) is 8.62. The third-order valence-electron chi connectivity index (χ3n) is 1.71. The lowest BCUT2D eigenvalue weighted by atomic mass is 9.91. The van der Waals surface area contributed by atoms with Gasteiger partial charge in [0.05, 0.1) is 12.0 Å². The molecule has 0 unspecified atom stereocenters. The van der Waals surface area contributed by atoms with Crippen LogP contribution in [0.2, 0.25) is 0 Å². The first kappa shape index (κ1) is 22.9. The minimum absolute atomic E-state index is 0. The molecule has 0 heterocycles. The van der Waals surface area contributed by atoms with Crippen LogP contribution in [0.5, 0.6) is 0 Å². The maximum atomic E-state index is 11.1. The molecule has 0 aliphatic rings. The van der Waals surface area contributed by atoms with Gasteiger partial charge >= 0.3 is 5.97 Å². The molecule has 13 heavy (non-hydrogen) atoms. The molecule has 0 aromatic heterocycles. The Morgan fingerprint density at radius 2 is 1.54 bits per heavy atom. The van der Waals surface area contributed by atoms with Crippen molar-refractivity contribution in [2.45, 2.75) is 56.4 Å². The number of esters is 1. The monoisotopic (exact) mass is 192 g/mol. The van der Waals surface area contributed by atoms with Gasteiger partial charge in [-0.15, -0.1) is 0 Å². The number of rotatable bonds is 3. The summed E-state index contributed by atoms with van der Waals surface area (Å²) in [4.78, 5) is 11.1. The van der Waals surface area contributed by atoms with Crippen molar-refractivity contribution in [3.63, 3.8) is 0 Å². The average Bonchev–Trinajstić information content (AvgIpc) is 1.89. The van der Waals surface area contributed by atoms with E-state index in [4.69, 9.17) is 4.74 Å². The maximum absolute atomic E-state index is 11.1. The molecule has 0 radical (unpaired) electrons. The van der Waals surface area contributed by atoms with Gasteiger partial charge in [-0.1, -0.05) is 29.2 Å². The van der Waals surface area contributed by atoms with Gasteiger partial charge in [0, 0.05) is 0 Å². The molecular formula is C11H28O2. The molecular weight excluding hydrogens is 164 g/mol. The van der Waals surface area contributed by atoms with Crippen LogP contribution < -0.4 is 0 Å². The maximum Gasteiger partial charge on any atom is 0.311 e. The molecule has 0 aromatic rings. The first-order valence-electron chi connectivity index (χ1n) is 3.71. The fraction of sp³-hybridized carbons (Fsp3) is 0.909. The summed E-state index contributed by atoms with van der Waals surface area (Å²) in [6, 6.07) is 0. The molecule has 0 aromatic carbocycles. The Kier molecular flexibility index (Phi) is 16.8. The van der Waals surface area contributed by atoms with Crippen LogP contribution in [-0.4, -0.2) is 12.6 Å². The molecule has 0 aliphatic heterocycles. The predicted molar refractivity (Wildman–Crippen MR) is 60.9 cm³/mol. The van der Waals surface area contributed by atoms with Gasteiger partial charge in [0.25, 0.3) is 0 Å². The van der Waals surface area contributed by atoms with Gasteiger partial charge in [0.15, 0.2) is 0 Å². The first-order valence-corrected chi connectivity index (χ1v) is 3.71. The Hall–Kier alpha value is -0.530. The van der Waals surface area contributed by atoms with E-state index in [-0.39, 0.29) is 33.7 Å². The number of carbonyl (C=O) groups excluding carboxylic acids is 1. The molecule has 84 valence electrons. The van der Waals surface area contributed by atoms with E-state index in [1.807, 2.05) is 27.7 Å². The van der Waals surface area contributed by atoms with Crippen molar-refractivity contribution in [2.75, 3.05) is 6.61 Å². The number of carbonyl (C=O) groups is 1. The molecule has 0 rings (SSSR count). The summed E-state index contributed by atoms with van der Waals surface area (Å²) >= 11 is 0. The van der Waals surface area contributed by atoms with Crippen molar-refractivity contribution < 1.29 is 9.53 Å². The van der Waals surface area contributed by atoms with E-state index in [1.54, 1.807) is 0 Å². The van der Waals surface area contributed by atoms with Crippen LogP contribution in [0.25, 0.3) is 0 Å². The molecule has 0 spiro atoms. The summed E-state index contributed by atoms with van der Waals surface area (Å²) in [5.74, 6) is -0.0995. The van der Waals surface area contributed by atoms with E-state index >= 15 is 0 Å². The van der Waals surface area contributed by atoms with E-state index in [2.05, 4.69) is 0 Å². The Morgan fingerprint density at radius 3 is 1.77 bits per heavy atom. The lowest BCUT2D eigenvalue weighted by Crippen LogP contribution is -2.25. The summed E-state index contributed by atoms with van der Waals surface area (Å²) in [6.07, 6.45) is 0.825. The molecule has 0 amide bonds. The molecule has 0 fully saturated rings. The standard InChI is InChI=1S/C8H16O2.3CH4/c1-5-8(3,4)7(9)10-6-2;;;/h5-6H2,1-4H3;3*1H4. The van der Waals surface area contributed by atoms with Crippen molar-refractivity contribution in [3.05, 3.63) is 0 Å². The SMILES string of the molecule is C.C.C.CCOC(=O)C(C)(C)CC. The highest BCUT2D eigenvalue weighted by molar-refractivity contribution is 5.75. The minimum Gasteiger partial charge on any atom is -0.466 e. The fourth-order valence-corrected chi connectivity index (χ4v) is 0.471. The zero-order valence-corrected chi connectivity index (χ0v) is 7.23.